The van der Waals surface area contributed by atoms with E-state index in [1.54, 1.807) is 25.8 Å². The lowest BCUT2D eigenvalue weighted by Gasteiger charge is -2.48. The zero-order valence-corrected chi connectivity index (χ0v) is 34.8. The highest BCUT2D eigenvalue weighted by molar-refractivity contribution is 6.05. The molecule has 6 atom stereocenters. The number of ether oxygens (including phenoxy) is 2. The number of fused-ring (bicyclic) bond motifs is 8. The summed E-state index contributed by atoms with van der Waals surface area (Å²) >= 11 is 0. The van der Waals surface area contributed by atoms with Gasteiger partial charge in [-0.3, -0.25) is 28.6 Å². The summed E-state index contributed by atoms with van der Waals surface area (Å²) < 4.78 is 13.4. The van der Waals surface area contributed by atoms with Crippen LogP contribution >= 0.6 is 0 Å². The van der Waals surface area contributed by atoms with Crippen LogP contribution < -0.4 is 10.2 Å². The molecule has 0 saturated carbocycles. The second-order valence-electron chi connectivity index (χ2n) is 17.8. The first kappa shape index (κ1) is 38.9. The Balaban J connectivity index is 1.05. The standard InChI is InChI=1S/C49H46N6O8/c1-48-21-11-23-53(48)43(58)40-26-49(35-16-8-9-17-37(35)55(44(49)54(40)45(48)59)47(61)63-29-31-14-6-3-7-15-31)33-19-20-34-32(24-36-42(57)51-22-10-18-38(51)41(56)50-36)27-52(39(34)25-33)46(60)62-28-30-12-4-2-5-13-30/h2-9,12-17,19-20,25,27,36,38,40,44H,10-11,18,21-24,26,28-29H2,1H3,(H,50,56)/t36-,38-,40-,44-,48+,49-/m1/s1. The third-order valence-corrected chi connectivity index (χ3v) is 14.4. The van der Waals surface area contributed by atoms with Crippen molar-refractivity contribution in [1.29, 1.82) is 0 Å². The average Bonchev–Trinajstić information content (AvgIpc) is 4.14. The molecule has 5 saturated heterocycles. The number of para-hydroxylation sites is 1. The van der Waals surface area contributed by atoms with E-state index in [2.05, 4.69) is 5.32 Å². The fraction of sp³-hybridized carbons (Fsp3) is 0.347. The van der Waals surface area contributed by atoms with Gasteiger partial charge in [0.1, 0.15) is 43.0 Å². The van der Waals surface area contributed by atoms with Gasteiger partial charge in [0.05, 0.1) is 16.6 Å². The summed E-state index contributed by atoms with van der Waals surface area (Å²) in [6.07, 6.45) is 2.25. The number of benzene rings is 4. The molecule has 7 heterocycles. The van der Waals surface area contributed by atoms with Crippen molar-refractivity contribution in [2.45, 2.75) is 93.9 Å². The average molecular weight is 847 g/mol. The molecule has 4 aromatic carbocycles. The maximum atomic E-state index is 15.1. The molecular formula is C49H46N6O8. The molecule has 5 fully saturated rings. The number of hydrogen-bond donors (Lipinski definition) is 1. The minimum absolute atomic E-state index is 0.00439. The number of rotatable bonds is 7. The van der Waals surface area contributed by atoms with Crippen molar-refractivity contribution >= 4 is 52.4 Å². The van der Waals surface area contributed by atoms with Gasteiger partial charge in [-0.1, -0.05) is 91.0 Å². The molecule has 14 nitrogen and oxygen atoms in total. The van der Waals surface area contributed by atoms with Crippen molar-refractivity contribution < 1.29 is 38.2 Å². The molecule has 5 amide bonds. The molecule has 320 valence electrons. The van der Waals surface area contributed by atoms with Gasteiger partial charge in [-0.15, -0.1) is 0 Å². The van der Waals surface area contributed by atoms with Crippen LogP contribution in [0.25, 0.3) is 10.9 Å². The lowest BCUT2D eigenvalue weighted by molar-refractivity contribution is -0.166. The van der Waals surface area contributed by atoms with E-state index in [1.165, 1.54) is 4.57 Å². The number of nitrogens with zero attached hydrogens (tertiary/aromatic N) is 5. The van der Waals surface area contributed by atoms with Crippen LogP contribution in [0.4, 0.5) is 15.3 Å². The highest BCUT2D eigenvalue weighted by Crippen LogP contribution is 2.60. The van der Waals surface area contributed by atoms with Crippen molar-refractivity contribution in [3.05, 3.63) is 137 Å². The normalized spacial score (nSPS) is 26.9. The molecule has 0 unspecified atom stereocenters. The minimum Gasteiger partial charge on any atom is -0.444 e. The molecule has 0 spiro atoms. The van der Waals surface area contributed by atoms with E-state index in [1.807, 2.05) is 110 Å². The summed E-state index contributed by atoms with van der Waals surface area (Å²) in [5.74, 6) is -0.718. The number of anilines is 1. The van der Waals surface area contributed by atoms with E-state index in [4.69, 9.17) is 9.47 Å². The Morgan fingerprint density at radius 3 is 2.22 bits per heavy atom. The summed E-state index contributed by atoms with van der Waals surface area (Å²) in [5.41, 5.74) is 2.47. The quantitative estimate of drug-likeness (QED) is 0.222. The molecule has 0 bridgehead atoms. The number of nitrogens with one attached hydrogen (secondary N) is 1. The van der Waals surface area contributed by atoms with Crippen molar-refractivity contribution in [1.82, 2.24) is 24.6 Å². The molecular weight excluding hydrogens is 801 g/mol. The fourth-order valence-electron chi connectivity index (χ4n) is 11.4. The highest BCUT2D eigenvalue weighted by atomic mass is 16.6. The van der Waals surface area contributed by atoms with E-state index in [0.717, 1.165) is 23.1 Å². The van der Waals surface area contributed by atoms with E-state index in [-0.39, 0.29) is 49.7 Å². The zero-order chi connectivity index (χ0) is 43.2. The Hall–Kier alpha value is -6.96. The van der Waals surface area contributed by atoms with Gasteiger partial charge in [0.2, 0.25) is 17.7 Å². The maximum Gasteiger partial charge on any atom is 0.418 e. The molecule has 0 aliphatic carbocycles. The second kappa shape index (κ2) is 14.6. The van der Waals surface area contributed by atoms with Crippen LogP contribution in [0.5, 0.6) is 0 Å². The first-order valence-electron chi connectivity index (χ1n) is 21.8. The predicted octanol–water partition coefficient (Wildman–Crippen LogP) is 5.62. The largest absolute Gasteiger partial charge is 0.444 e. The van der Waals surface area contributed by atoms with E-state index in [9.17, 15) is 24.0 Å². The summed E-state index contributed by atoms with van der Waals surface area (Å²) in [6.45, 7) is 2.82. The molecule has 5 aromatic rings. The van der Waals surface area contributed by atoms with Crippen LogP contribution in [0.1, 0.15) is 66.8 Å². The maximum absolute atomic E-state index is 15.1. The Morgan fingerprint density at radius 2 is 1.48 bits per heavy atom. The first-order valence-corrected chi connectivity index (χ1v) is 21.8. The van der Waals surface area contributed by atoms with Crippen molar-refractivity contribution in [2.75, 3.05) is 18.0 Å². The Bertz CT molecular complexity index is 2740. The van der Waals surface area contributed by atoms with E-state index >= 15 is 4.79 Å². The van der Waals surface area contributed by atoms with Crippen LogP contribution in [0.15, 0.2) is 109 Å². The summed E-state index contributed by atoms with van der Waals surface area (Å²) in [7, 11) is 0. The lowest BCUT2D eigenvalue weighted by atomic mass is 9.72. The van der Waals surface area contributed by atoms with Crippen molar-refractivity contribution in [3.63, 3.8) is 0 Å². The number of carbonyl (C=O) groups is 6. The number of amides is 5. The molecule has 14 heteroatoms. The third-order valence-electron chi connectivity index (χ3n) is 14.4. The van der Waals surface area contributed by atoms with Crippen LogP contribution in [-0.4, -0.2) is 98.0 Å². The van der Waals surface area contributed by atoms with E-state index < -0.39 is 47.4 Å². The van der Waals surface area contributed by atoms with Gasteiger partial charge >= 0.3 is 12.2 Å². The summed E-state index contributed by atoms with van der Waals surface area (Å²) in [6, 6.07) is 29.7. The van der Waals surface area contributed by atoms with Gasteiger partial charge in [0.15, 0.2) is 0 Å². The van der Waals surface area contributed by atoms with Gasteiger partial charge in [-0.2, -0.15) is 0 Å². The van der Waals surface area contributed by atoms with Crippen LogP contribution in [-0.2, 0) is 53.7 Å². The number of hydrogen-bond acceptors (Lipinski definition) is 8. The van der Waals surface area contributed by atoms with Crippen molar-refractivity contribution in [2.24, 2.45) is 0 Å². The van der Waals surface area contributed by atoms with Gasteiger partial charge < -0.3 is 29.5 Å². The highest BCUT2D eigenvalue weighted by Gasteiger charge is 2.70. The SMILES string of the molecule is C[C@@]12CCCN1C(=O)[C@H]1C[C@@]3(c4ccc5c(C[C@H]6NC(=O)[C@H]7CCCN7C6=O)cn(C(=O)OCc6ccccc6)c5c4)c4ccccc4N(C(=O)OCc4ccccc4)[C@H]3N1C2=O. The second-order valence-corrected chi connectivity index (χ2v) is 17.8. The predicted molar refractivity (Wildman–Crippen MR) is 229 cm³/mol. The van der Waals surface area contributed by atoms with Gasteiger partial charge in [0, 0.05) is 31.1 Å². The van der Waals surface area contributed by atoms with Gasteiger partial charge in [-0.05, 0) is 79.0 Å². The fourth-order valence-corrected chi connectivity index (χ4v) is 11.4. The molecule has 11 rings (SSSR count). The Morgan fingerprint density at radius 1 is 0.778 bits per heavy atom. The Kier molecular flexibility index (Phi) is 9.00. The lowest BCUT2D eigenvalue weighted by Crippen LogP contribution is -2.70. The molecule has 1 aromatic heterocycles. The van der Waals surface area contributed by atoms with Crippen molar-refractivity contribution in [3.8, 4) is 0 Å². The summed E-state index contributed by atoms with van der Waals surface area (Å²) in [4.78, 5) is 92.1. The minimum atomic E-state index is -1.15. The number of piperazine rings is 2. The van der Waals surface area contributed by atoms with Gasteiger partial charge in [-0.25, -0.2) is 9.59 Å². The molecule has 63 heavy (non-hydrogen) atoms. The van der Waals surface area contributed by atoms with Crippen LogP contribution in [0.2, 0.25) is 0 Å². The monoisotopic (exact) mass is 846 g/mol. The zero-order valence-electron chi connectivity index (χ0n) is 34.8. The van der Waals surface area contributed by atoms with E-state index in [0.29, 0.717) is 60.1 Å². The number of carbonyl (C=O) groups excluding carboxylic acids is 6. The van der Waals surface area contributed by atoms with Gasteiger partial charge in [0.25, 0.3) is 5.91 Å². The third kappa shape index (κ3) is 5.83. The molecule has 0 radical (unpaired) electrons. The summed E-state index contributed by atoms with van der Waals surface area (Å²) in [5, 5.41) is 3.61. The molecule has 6 aliphatic rings. The topological polar surface area (TPSA) is 151 Å². The molecule has 1 N–H and O–H groups in total. The smallest absolute Gasteiger partial charge is 0.418 e. The van der Waals surface area contributed by atoms with Crippen LogP contribution in [0, 0.1) is 0 Å². The first-order chi connectivity index (χ1) is 30.6. The Labute approximate surface area is 363 Å². The van der Waals surface area contributed by atoms with Crippen LogP contribution in [0.3, 0.4) is 0 Å². The molecule has 6 aliphatic heterocycles. The number of aromatic nitrogens is 1.